The van der Waals surface area contributed by atoms with Crippen LogP contribution in [0.2, 0.25) is 0 Å². The van der Waals surface area contributed by atoms with Crippen LogP contribution in [-0.2, 0) is 0 Å². The molecule has 0 saturated carbocycles. The van der Waals surface area contributed by atoms with Gasteiger partial charge in [-0.3, -0.25) is 0 Å². The molecule has 2 rings (SSSR count). The van der Waals surface area contributed by atoms with Gasteiger partial charge in [0, 0.05) is 18.5 Å². The molecule has 5 nitrogen and oxygen atoms in total. The molecule has 0 aliphatic rings. The Kier molecular flexibility index (Phi) is 4.10. The number of rotatable bonds is 6. The van der Waals surface area contributed by atoms with Crippen molar-refractivity contribution >= 4 is 22.4 Å². The van der Waals surface area contributed by atoms with Crippen molar-refractivity contribution in [3.63, 3.8) is 0 Å². The molecule has 1 aromatic carbocycles. The van der Waals surface area contributed by atoms with Crippen LogP contribution in [0.25, 0.3) is 10.9 Å². The molecule has 1 aromatic heterocycles. The van der Waals surface area contributed by atoms with Crippen molar-refractivity contribution in [3.05, 3.63) is 65.8 Å². The first kappa shape index (κ1) is 13.7. The zero-order valence-corrected chi connectivity index (χ0v) is 11.0. The van der Waals surface area contributed by atoms with E-state index in [9.17, 15) is 10.1 Å². The number of fused-ring (bicyclic) bond motifs is 1. The number of pyridine rings is 1. The SMILES string of the molecule is C=CCN(CC=C)c1cc([N+](=O)[O-])nc2ccccc12. The molecule has 1 heterocycles. The Bertz CT molecular complexity index is 657. The second kappa shape index (κ2) is 5.97. The Hall–Kier alpha value is -2.69. The highest BCUT2D eigenvalue weighted by Gasteiger charge is 2.17. The normalized spacial score (nSPS) is 10.2. The second-order valence-electron chi connectivity index (χ2n) is 4.26. The molecular weight excluding hydrogens is 254 g/mol. The summed E-state index contributed by atoms with van der Waals surface area (Å²) >= 11 is 0. The highest BCUT2D eigenvalue weighted by atomic mass is 16.6. The minimum Gasteiger partial charge on any atom is -0.363 e. The molecule has 0 bridgehead atoms. The number of anilines is 1. The molecule has 102 valence electrons. The topological polar surface area (TPSA) is 59.3 Å². The van der Waals surface area contributed by atoms with E-state index in [1.54, 1.807) is 18.2 Å². The minimum absolute atomic E-state index is 0.156. The fraction of sp³-hybridized carbons (Fsp3) is 0.133. The van der Waals surface area contributed by atoms with Crippen LogP contribution in [0.1, 0.15) is 0 Å². The van der Waals surface area contributed by atoms with Gasteiger partial charge in [0.25, 0.3) is 0 Å². The fourth-order valence-corrected chi connectivity index (χ4v) is 2.08. The van der Waals surface area contributed by atoms with Crippen LogP contribution in [0.15, 0.2) is 55.6 Å². The third-order valence-corrected chi connectivity index (χ3v) is 2.91. The summed E-state index contributed by atoms with van der Waals surface area (Å²) in [4.78, 5) is 16.6. The van der Waals surface area contributed by atoms with Crippen LogP contribution in [0.5, 0.6) is 0 Å². The summed E-state index contributed by atoms with van der Waals surface area (Å²) in [7, 11) is 0. The van der Waals surface area contributed by atoms with Gasteiger partial charge in [-0.15, -0.1) is 13.2 Å². The molecule has 0 fully saturated rings. The van der Waals surface area contributed by atoms with Gasteiger partial charge in [0.2, 0.25) is 0 Å². The lowest BCUT2D eigenvalue weighted by Crippen LogP contribution is -2.23. The predicted octanol–water partition coefficient (Wildman–Crippen LogP) is 3.32. The molecular formula is C15H15N3O2. The van der Waals surface area contributed by atoms with Crippen molar-refractivity contribution in [1.82, 2.24) is 4.98 Å². The van der Waals surface area contributed by atoms with Crippen molar-refractivity contribution in [1.29, 1.82) is 0 Å². The smallest absolute Gasteiger partial charge is 0.363 e. The van der Waals surface area contributed by atoms with Gasteiger partial charge in [0.1, 0.15) is 0 Å². The molecule has 0 spiro atoms. The van der Waals surface area contributed by atoms with Gasteiger partial charge in [-0.25, -0.2) is 0 Å². The van der Waals surface area contributed by atoms with E-state index in [-0.39, 0.29) is 5.82 Å². The third-order valence-electron chi connectivity index (χ3n) is 2.91. The van der Waals surface area contributed by atoms with Crippen LogP contribution < -0.4 is 4.90 Å². The summed E-state index contributed by atoms with van der Waals surface area (Å²) in [5, 5.41) is 11.9. The van der Waals surface area contributed by atoms with Crippen LogP contribution in [0, 0.1) is 10.1 Å². The molecule has 0 atom stereocenters. The van der Waals surface area contributed by atoms with E-state index in [1.165, 1.54) is 6.07 Å². The lowest BCUT2D eigenvalue weighted by Gasteiger charge is -2.22. The quantitative estimate of drug-likeness (QED) is 0.458. The van der Waals surface area contributed by atoms with E-state index in [1.807, 2.05) is 23.1 Å². The second-order valence-corrected chi connectivity index (χ2v) is 4.26. The van der Waals surface area contributed by atoms with Gasteiger partial charge < -0.3 is 15.0 Å². The van der Waals surface area contributed by atoms with Crippen molar-refractivity contribution in [2.45, 2.75) is 0 Å². The Morgan fingerprint density at radius 1 is 1.25 bits per heavy atom. The molecule has 0 radical (unpaired) electrons. The van der Waals surface area contributed by atoms with Crippen LogP contribution in [0.4, 0.5) is 11.5 Å². The van der Waals surface area contributed by atoms with Gasteiger partial charge in [-0.1, -0.05) is 24.3 Å². The Morgan fingerprint density at radius 3 is 2.50 bits per heavy atom. The van der Waals surface area contributed by atoms with E-state index >= 15 is 0 Å². The van der Waals surface area contributed by atoms with Gasteiger partial charge >= 0.3 is 5.82 Å². The first-order chi connectivity index (χ1) is 9.67. The van der Waals surface area contributed by atoms with Gasteiger partial charge in [-0.2, -0.15) is 0 Å². The number of hydrogen-bond acceptors (Lipinski definition) is 4. The van der Waals surface area contributed by atoms with E-state index in [2.05, 4.69) is 18.1 Å². The average molecular weight is 269 g/mol. The van der Waals surface area contributed by atoms with Crippen molar-refractivity contribution in [2.24, 2.45) is 0 Å². The number of para-hydroxylation sites is 1. The lowest BCUT2D eigenvalue weighted by molar-refractivity contribution is -0.389. The van der Waals surface area contributed by atoms with Gasteiger partial charge in [0.15, 0.2) is 5.52 Å². The summed E-state index contributed by atoms with van der Waals surface area (Å²) < 4.78 is 0. The van der Waals surface area contributed by atoms with Crippen molar-refractivity contribution in [2.75, 3.05) is 18.0 Å². The number of nitrogens with zero attached hydrogens (tertiary/aromatic N) is 3. The number of hydrogen-bond donors (Lipinski definition) is 0. The summed E-state index contributed by atoms with van der Waals surface area (Å²) in [6.45, 7) is 8.60. The first-order valence-corrected chi connectivity index (χ1v) is 6.18. The zero-order chi connectivity index (χ0) is 14.5. The molecule has 0 aliphatic carbocycles. The monoisotopic (exact) mass is 269 g/mol. The van der Waals surface area contributed by atoms with E-state index in [0.29, 0.717) is 18.6 Å². The van der Waals surface area contributed by atoms with Crippen molar-refractivity contribution in [3.8, 4) is 0 Å². The largest absolute Gasteiger partial charge is 0.366 e. The molecule has 0 N–H and O–H groups in total. The molecule has 0 unspecified atom stereocenters. The zero-order valence-electron chi connectivity index (χ0n) is 11.0. The summed E-state index contributed by atoms with van der Waals surface area (Å²) in [6, 6.07) is 8.87. The lowest BCUT2D eigenvalue weighted by atomic mass is 10.1. The molecule has 2 aromatic rings. The Balaban J connectivity index is 2.66. The van der Waals surface area contributed by atoms with E-state index in [0.717, 1.165) is 11.1 Å². The summed E-state index contributed by atoms with van der Waals surface area (Å²) in [5.74, 6) is -0.156. The standard InChI is InChI=1S/C15H15N3O2/c1-3-9-17(10-4-2)14-11-15(18(19)20)16-13-8-6-5-7-12(13)14/h3-8,11H,1-2,9-10H2. The van der Waals surface area contributed by atoms with Crippen LogP contribution in [0.3, 0.4) is 0 Å². The molecule has 0 saturated heterocycles. The number of nitro groups is 1. The molecule has 5 heteroatoms. The molecule has 20 heavy (non-hydrogen) atoms. The van der Waals surface area contributed by atoms with Gasteiger partial charge in [-0.05, 0) is 22.0 Å². The molecule has 0 amide bonds. The number of benzene rings is 1. The summed E-state index contributed by atoms with van der Waals surface area (Å²) in [5.41, 5.74) is 1.37. The van der Waals surface area contributed by atoms with E-state index in [4.69, 9.17) is 0 Å². The number of aromatic nitrogens is 1. The van der Waals surface area contributed by atoms with Crippen LogP contribution in [-0.4, -0.2) is 23.0 Å². The minimum atomic E-state index is -0.476. The summed E-state index contributed by atoms with van der Waals surface area (Å²) in [6.07, 6.45) is 3.51. The molecule has 0 aliphatic heterocycles. The third kappa shape index (κ3) is 2.66. The fourth-order valence-electron chi connectivity index (χ4n) is 2.08. The van der Waals surface area contributed by atoms with E-state index < -0.39 is 4.92 Å². The first-order valence-electron chi connectivity index (χ1n) is 6.18. The van der Waals surface area contributed by atoms with Gasteiger partial charge in [0.05, 0.1) is 11.8 Å². The van der Waals surface area contributed by atoms with Crippen molar-refractivity contribution < 1.29 is 4.92 Å². The maximum Gasteiger partial charge on any atom is 0.366 e. The Labute approximate surface area is 117 Å². The Morgan fingerprint density at radius 2 is 1.90 bits per heavy atom. The highest BCUT2D eigenvalue weighted by molar-refractivity contribution is 5.93. The van der Waals surface area contributed by atoms with Crippen LogP contribution >= 0.6 is 0 Å². The maximum atomic E-state index is 11.0. The predicted molar refractivity (Wildman–Crippen MR) is 81.0 cm³/mol. The highest BCUT2D eigenvalue weighted by Crippen LogP contribution is 2.29. The maximum absolute atomic E-state index is 11.0. The average Bonchev–Trinajstić information content (AvgIpc) is 2.46.